The van der Waals surface area contributed by atoms with Gasteiger partial charge in [-0.1, -0.05) is 30.4 Å². The van der Waals surface area contributed by atoms with Gasteiger partial charge in [-0.2, -0.15) is 0 Å². The van der Waals surface area contributed by atoms with Crippen molar-refractivity contribution in [3.63, 3.8) is 0 Å². The highest BCUT2D eigenvalue weighted by Crippen LogP contribution is 2.49. The molecule has 1 aromatic carbocycles. The van der Waals surface area contributed by atoms with Gasteiger partial charge in [0.2, 0.25) is 5.91 Å². The quantitative estimate of drug-likeness (QED) is 0.115. The molecular formula is C35H43N3O9S2. The minimum Gasteiger partial charge on any atom is -0.497 e. The van der Waals surface area contributed by atoms with Crippen molar-refractivity contribution in [1.82, 2.24) is 10.2 Å². The largest absolute Gasteiger partial charge is 0.497 e. The topological polar surface area (TPSA) is 160 Å². The van der Waals surface area contributed by atoms with Gasteiger partial charge in [0, 0.05) is 18.2 Å². The summed E-state index contributed by atoms with van der Waals surface area (Å²) in [5, 5.41) is 2.36. The molecule has 2 saturated carbocycles. The number of esters is 1. The smallest absolute Gasteiger partial charge is 0.408 e. The molecule has 12 nitrogen and oxygen atoms in total. The molecule has 264 valence electrons. The molecule has 4 atom stereocenters. The summed E-state index contributed by atoms with van der Waals surface area (Å²) in [6.07, 6.45) is 5.70. The zero-order valence-electron chi connectivity index (χ0n) is 28.4. The molecule has 2 aromatic rings. The second-order valence-corrected chi connectivity index (χ2v) is 15.2. The second kappa shape index (κ2) is 15.2. The lowest BCUT2D eigenvalue weighted by Gasteiger charge is -2.30. The van der Waals surface area contributed by atoms with Crippen LogP contribution in [-0.4, -0.2) is 71.6 Å². The number of methoxy groups -OCH3 is 2. The highest BCUT2D eigenvalue weighted by Gasteiger charge is 2.48. The minimum absolute atomic E-state index is 0.0255. The lowest BCUT2D eigenvalue weighted by molar-refractivity contribution is -0.147. The summed E-state index contributed by atoms with van der Waals surface area (Å²) in [6, 6.07) is 6.09. The number of nitrogens with two attached hydrogens (primary N) is 1. The van der Waals surface area contributed by atoms with Gasteiger partial charge in [-0.25, -0.2) is 9.59 Å². The number of thiocarbonyl (C=S) groups is 1. The maximum Gasteiger partial charge on any atom is 0.408 e. The van der Waals surface area contributed by atoms with E-state index >= 15 is 0 Å². The number of primary amides is 1. The predicted octanol–water partition coefficient (Wildman–Crippen LogP) is 5.60. The van der Waals surface area contributed by atoms with Crippen LogP contribution >= 0.6 is 24.0 Å². The van der Waals surface area contributed by atoms with Gasteiger partial charge in [0.25, 0.3) is 5.91 Å². The fraction of sp³-hybridized carbons (Fsp3) is 0.514. The first-order valence-corrected chi connectivity index (χ1v) is 17.6. The molecule has 49 heavy (non-hydrogen) atoms. The maximum atomic E-state index is 13.7. The molecule has 5 rings (SSSR count). The van der Waals surface area contributed by atoms with Gasteiger partial charge in [-0.3, -0.25) is 14.5 Å². The van der Waals surface area contributed by atoms with Crippen LogP contribution < -0.4 is 20.5 Å². The fourth-order valence-electron chi connectivity index (χ4n) is 6.69. The van der Waals surface area contributed by atoms with E-state index in [-0.39, 0.29) is 18.6 Å². The average Bonchev–Trinajstić information content (AvgIpc) is 3.82. The predicted molar refractivity (Wildman–Crippen MR) is 188 cm³/mol. The zero-order chi connectivity index (χ0) is 35.5. The SMILES string of the molecule is COc1ccc(-c2cc(CCCOC(=O)[C@H](CC(N)=O)NC(=O)OC(C)(C)C)c(/C=C3\SC(=S)N([C@H]4C[C@H]5CC[C@H]4C5)C3=O)o2)c(OC)c1. The normalized spacial score (nSPS) is 21.6. The van der Waals surface area contributed by atoms with Crippen LogP contribution in [0.2, 0.25) is 0 Å². The standard InChI is InChI=1S/C35H43N3O9S2/c1-35(2,3)47-33(42)37-24(17-30(36)39)32(41)45-12-6-7-21-15-28(23-11-10-22(43-4)16-27(23)44-5)46-26(21)18-29-31(40)38(34(48)49-29)25-14-19-8-9-20(25)13-19/h10-11,15-16,18-20,24-25H,6-9,12-14,17H2,1-5H3,(H2,36,39)(H,37,42)/b29-18-/t19-,20-,24-,25-/m0/s1. The molecule has 0 spiro atoms. The third kappa shape index (κ3) is 8.77. The molecule has 3 aliphatic rings. The van der Waals surface area contributed by atoms with E-state index in [4.69, 9.17) is 41.3 Å². The van der Waals surface area contributed by atoms with E-state index < -0.39 is 36.0 Å². The number of aryl methyl sites for hydroxylation is 1. The summed E-state index contributed by atoms with van der Waals surface area (Å²) in [6.45, 7) is 5.00. The number of rotatable bonds is 13. The van der Waals surface area contributed by atoms with Crippen molar-refractivity contribution in [2.75, 3.05) is 20.8 Å². The molecule has 2 heterocycles. The van der Waals surface area contributed by atoms with Crippen molar-refractivity contribution in [1.29, 1.82) is 0 Å². The highest BCUT2D eigenvalue weighted by atomic mass is 32.2. The van der Waals surface area contributed by atoms with Crippen LogP contribution in [0.15, 0.2) is 33.6 Å². The summed E-state index contributed by atoms with van der Waals surface area (Å²) in [7, 11) is 3.13. The Labute approximate surface area is 295 Å². The van der Waals surface area contributed by atoms with E-state index in [1.165, 1.54) is 18.2 Å². The number of amides is 3. The van der Waals surface area contributed by atoms with Gasteiger partial charge < -0.3 is 34.4 Å². The zero-order valence-corrected chi connectivity index (χ0v) is 30.0. The van der Waals surface area contributed by atoms with Crippen LogP contribution in [0, 0.1) is 11.8 Å². The maximum absolute atomic E-state index is 13.7. The Morgan fingerprint density at radius 3 is 2.57 bits per heavy atom. The lowest BCUT2D eigenvalue weighted by atomic mass is 9.94. The van der Waals surface area contributed by atoms with Crippen molar-refractivity contribution in [2.45, 2.75) is 83.4 Å². The van der Waals surface area contributed by atoms with Crippen LogP contribution in [0.1, 0.15) is 70.6 Å². The molecule has 0 radical (unpaired) electrons. The van der Waals surface area contributed by atoms with Crippen LogP contribution in [0.4, 0.5) is 4.79 Å². The molecule has 14 heteroatoms. The first kappa shape index (κ1) is 36.2. The van der Waals surface area contributed by atoms with E-state index in [1.807, 2.05) is 12.1 Å². The number of nitrogens with zero attached hydrogens (tertiary/aromatic N) is 1. The lowest BCUT2D eigenvalue weighted by Crippen LogP contribution is -2.46. The van der Waals surface area contributed by atoms with Crippen molar-refractivity contribution in [2.24, 2.45) is 17.6 Å². The monoisotopic (exact) mass is 713 g/mol. The van der Waals surface area contributed by atoms with Gasteiger partial charge >= 0.3 is 12.1 Å². The number of hydrogen-bond donors (Lipinski definition) is 2. The Balaban J connectivity index is 1.33. The third-order valence-electron chi connectivity index (χ3n) is 8.85. The van der Waals surface area contributed by atoms with Gasteiger partial charge in [-0.05, 0) is 88.5 Å². The molecule has 0 unspecified atom stereocenters. The number of hydrogen-bond acceptors (Lipinski definition) is 11. The van der Waals surface area contributed by atoms with E-state index in [0.717, 1.165) is 24.8 Å². The molecule has 1 saturated heterocycles. The van der Waals surface area contributed by atoms with Crippen molar-refractivity contribution in [3.05, 3.63) is 40.5 Å². The van der Waals surface area contributed by atoms with Gasteiger partial charge in [0.1, 0.15) is 39.0 Å². The molecule has 1 aromatic heterocycles. The molecule has 3 N–H and O–H groups in total. The Morgan fingerprint density at radius 2 is 1.94 bits per heavy atom. The average molecular weight is 714 g/mol. The summed E-state index contributed by atoms with van der Waals surface area (Å²) < 4.78 is 28.5. The summed E-state index contributed by atoms with van der Waals surface area (Å²) in [4.78, 5) is 52.7. The van der Waals surface area contributed by atoms with Crippen molar-refractivity contribution >= 4 is 58.3 Å². The number of furan rings is 1. The fourth-order valence-corrected chi connectivity index (χ4v) is 8.03. The third-order valence-corrected chi connectivity index (χ3v) is 10.2. The Hall–Kier alpha value is -4.04. The van der Waals surface area contributed by atoms with E-state index in [2.05, 4.69) is 5.32 Å². The van der Waals surface area contributed by atoms with Gasteiger partial charge in [0.15, 0.2) is 0 Å². The van der Waals surface area contributed by atoms with Crippen LogP contribution in [0.25, 0.3) is 17.4 Å². The molecular weight excluding hydrogens is 671 g/mol. The van der Waals surface area contributed by atoms with E-state index in [1.54, 1.807) is 58.1 Å². The first-order chi connectivity index (χ1) is 23.3. The van der Waals surface area contributed by atoms with E-state index in [0.29, 0.717) is 62.5 Å². The number of carbonyl (C=O) groups excluding carboxylic acids is 4. The molecule has 3 fully saturated rings. The molecule has 1 aliphatic heterocycles. The number of thioether (sulfide) groups is 1. The molecule has 2 aliphatic carbocycles. The van der Waals surface area contributed by atoms with Crippen molar-refractivity contribution < 1.29 is 42.5 Å². The number of alkyl carbamates (subject to hydrolysis) is 1. The number of benzene rings is 1. The summed E-state index contributed by atoms with van der Waals surface area (Å²) in [5.41, 5.74) is 5.96. The summed E-state index contributed by atoms with van der Waals surface area (Å²) >= 11 is 6.98. The number of fused-ring (bicyclic) bond motifs is 2. The minimum atomic E-state index is -1.30. The second-order valence-electron chi connectivity index (χ2n) is 13.5. The number of ether oxygens (including phenoxy) is 4. The highest BCUT2D eigenvalue weighted by molar-refractivity contribution is 8.26. The van der Waals surface area contributed by atoms with Crippen LogP contribution in [0.3, 0.4) is 0 Å². The van der Waals surface area contributed by atoms with Gasteiger partial charge in [0.05, 0.1) is 37.7 Å². The van der Waals surface area contributed by atoms with Gasteiger partial charge in [-0.15, -0.1) is 0 Å². The summed E-state index contributed by atoms with van der Waals surface area (Å²) in [5.74, 6) is 1.61. The Morgan fingerprint density at radius 1 is 1.16 bits per heavy atom. The molecule has 3 amide bonds. The van der Waals surface area contributed by atoms with Crippen LogP contribution in [0.5, 0.6) is 11.5 Å². The van der Waals surface area contributed by atoms with Crippen LogP contribution in [-0.2, 0) is 30.3 Å². The Bertz CT molecular complexity index is 1650. The van der Waals surface area contributed by atoms with E-state index in [9.17, 15) is 19.2 Å². The molecule has 2 bridgehead atoms. The number of carbonyl (C=O) groups is 4. The Kier molecular flexibility index (Phi) is 11.3. The van der Waals surface area contributed by atoms with Crippen molar-refractivity contribution in [3.8, 4) is 22.8 Å². The number of nitrogens with one attached hydrogen (secondary N) is 1. The first-order valence-electron chi connectivity index (χ1n) is 16.3.